The number of aromatic nitrogens is 2. The van der Waals surface area contributed by atoms with Crippen LogP contribution >= 0.6 is 0 Å². The van der Waals surface area contributed by atoms with Gasteiger partial charge in [0, 0.05) is 55.8 Å². The summed E-state index contributed by atoms with van der Waals surface area (Å²) in [6.45, 7) is 0. The lowest BCUT2D eigenvalue weighted by molar-refractivity contribution is -0.132. The van der Waals surface area contributed by atoms with Crippen molar-refractivity contribution >= 4 is 28.8 Å². The molecule has 1 atom stereocenters. The van der Waals surface area contributed by atoms with E-state index in [1.807, 2.05) is 31.1 Å². The van der Waals surface area contributed by atoms with Crippen molar-refractivity contribution in [1.82, 2.24) is 9.97 Å². The summed E-state index contributed by atoms with van der Waals surface area (Å²) in [4.78, 5) is 37.5. The number of ketones is 1. The number of rotatable bonds is 4. The Morgan fingerprint density at radius 2 is 1.67 bits per heavy atom. The van der Waals surface area contributed by atoms with Gasteiger partial charge < -0.3 is 10.0 Å². The molecule has 150 valence electrons. The number of aliphatic hydroxyl groups excluding tert-OH is 1. The molecule has 0 radical (unpaired) electrons. The Labute approximate surface area is 173 Å². The topological polar surface area (TPSA) is 86.6 Å². The van der Waals surface area contributed by atoms with Gasteiger partial charge in [0.15, 0.2) is 0 Å². The fourth-order valence-corrected chi connectivity index (χ4v) is 3.53. The van der Waals surface area contributed by atoms with E-state index in [9.17, 15) is 14.7 Å². The summed E-state index contributed by atoms with van der Waals surface area (Å²) in [5.74, 6) is -1.68. The van der Waals surface area contributed by atoms with Gasteiger partial charge in [0.25, 0.3) is 11.7 Å². The molecule has 0 bridgehead atoms. The number of benzene rings is 1. The minimum Gasteiger partial charge on any atom is -0.507 e. The second-order valence-corrected chi connectivity index (χ2v) is 7.10. The lowest BCUT2D eigenvalue weighted by Crippen LogP contribution is -2.29. The largest absolute Gasteiger partial charge is 0.507 e. The zero-order valence-electron chi connectivity index (χ0n) is 16.6. The molecule has 1 fully saturated rings. The van der Waals surface area contributed by atoms with Gasteiger partial charge in [-0.05, 0) is 48.0 Å². The van der Waals surface area contributed by atoms with Gasteiger partial charge >= 0.3 is 0 Å². The number of Topliss-reactive ketones (excluding diaryl/α,β-unsaturated/α-hetero) is 1. The molecule has 1 aliphatic heterocycles. The lowest BCUT2D eigenvalue weighted by atomic mass is 9.96. The summed E-state index contributed by atoms with van der Waals surface area (Å²) in [6, 6.07) is 13.2. The van der Waals surface area contributed by atoms with Crippen molar-refractivity contribution in [3.8, 4) is 0 Å². The average Bonchev–Trinajstić information content (AvgIpc) is 3.05. The summed E-state index contributed by atoms with van der Waals surface area (Å²) in [6.07, 6.45) is 6.25. The van der Waals surface area contributed by atoms with Gasteiger partial charge in [-0.3, -0.25) is 24.5 Å². The average molecular weight is 400 g/mol. The predicted octanol–water partition coefficient (Wildman–Crippen LogP) is 3.17. The van der Waals surface area contributed by atoms with E-state index < -0.39 is 17.7 Å². The summed E-state index contributed by atoms with van der Waals surface area (Å²) in [5, 5.41) is 10.9. The highest BCUT2D eigenvalue weighted by Gasteiger charge is 2.47. The van der Waals surface area contributed by atoms with Crippen LogP contribution in [0.15, 0.2) is 78.9 Å². The molecule has 7 nitrogen and oxygen atoms in total. The summed E-state index contributed by atoms with van der Waals surface area (Å²) >= 11 is 0. The summed E-state index contributed by atoms with van der Waals surface area (Å²) in [5.41, 5.74) is 2.59. The molecule has 1 aromatic carbocycles. The summed E-state index contributed by atoms with van der Waals surface area (Å²) < 4.78 is 0. The molecule has 3 heterocycles. The normalized spacial score (nSPS) is 17.9. The number of hydrogen-bond donors (Lipinski definition) is 1. The van der Waals surface area contributed by atoms with Crippen molar-refractivity contribution in [2.45, 2.75) is 6.04 Å². The molecule has 1 N–H and O–H groups in total. The van der Waals surface area contributed by atoms with Crippen LogP contribution < -0.4 is 9.80 Å². The maximum atomic E-state index is 13.0. The van der Waals surface area contributed by atoms with E-state index in [1.165, 1.54) is 17.3 Å². The molecule has 7 heteroatoms. The molecule has 4 rings (SSSR count). The van der Waals surface area contributed by atoms with Gasteiger partial charge in [-0.15, -0.1) is 0 Å². The zero-order chi connectivity index (χ0) is 21.3. The van der Waals surface area contributed by atoms with Gasteiger partial charge in [0.1, 0.15) is 5.76 Å². The van der Waals surface area contributed by atoms with E-state index in [1.54, 1.807) is 48.8 Å². The molecule has 0 saturated carbocycles. The standard InChI is InChI=1S/C23H20N4O3/c1-26(2)17-5-7-18(8-6-17)27-20(16-4-3-11-25-14-16)19(22(29)23(27)30)21(28)15-9-12-24-13-10-15/h3-14,20,28H,1-2H3/b21-19+. The second-order valence-electron chi connectivity index (χ2n) is 7.10. The highest BCUT2D eigenvalue weighted by atomic mass is 16.3. The van der Waals surface area contributed by atoms with Crippen LogP contribution in [0.25, 0.3) is 5.76 Å². The predicted molar refractivity (Wildman–Crippen MR) is 114 cm³/mol. The Morgan fingerprint density at radius 3 is 2.27 bits per heavy atom. The van der Waals surface area contributed by atoms with Crippen LogP contribution in [-0.2, 0) is 9.59 Å². The highest BCUT2D eigenvalue weighted by molar-refractivity contribution is 6.51. The number of pyridine rings is 2. The van der Waals surface area contributed by atoms with E-state index in [4.69, 9.17) is 0 Å². The highest BCUT2D eigenvalue weighted by Crippen LogP contribution is 2.42. The lowest BCUT2D eigenvalue weighted by Gasteiger charge is -2.25. The Morgan fingerprint density at radius 1 is 0.967 bits per heavy atom. The van der Waals surface area contributed by atoms with Gasteiger partial charge in [0.2, 0.25) is 0 Å². The number of carbonyl (C=O) groups is 2. The molecular formula is C23H20N4O3. The fraction of sp³-hybridized carbons (Fsp3) is 0.130. The van der Waals surface area contributed by atoms with E-state index in [0.717, 1.165) is 5.69 Å². The maximum Gasteiger partial charge on any atom is 0.300 e. The quantitative estimate of drug-likeness (QED) is 0.411. The minimum atomic E-state index is -0.794. The van der Waals surface area contributed by atoms with Gasteiger partial charge in [0.05, 0.1) is 11.6 Å². The first-order valence-corrected chi connectivity index (χ1v) is 9.37. The summed E-state index contributed by atoms with van der Waals surface area (Å²) in [7, 11) is 3.84. The SMILES string of the molecule is CN(C)c1ccc(N2C(=O)C(=O)/C(=C(/O)c3ccncc3)C2c2cccnc2)cc1. The Balaban J connectivity index is 1.90. The first-order chi connectivity index (χ1) is 14.5. The first kappa shape index (κ1) is 19.3. The van der Waals surface area contributed by atoms with E-state index in [0.29, 0.717) is 16.8 Å². The van der Waals surface area contributed by atoms with Crippen molar-refractivity contribution in [3.05, 3.63) is 90.0 Å². The Bertz CT molecular complexity index is 1110. The van der Waals surface area contributed by atoms with Crippen LogP contribution in [0, 0.1) is 0 Å². The number of hydrogen-bond acceptors (Lipinski definition) is 6. The van der Waals surface area contributed by atoms with Crippen LogP contribution in [0.5, 0.6) is 0 Å². The van der Waals surface area contributed by atoms with Crippen LogP contribution in [0.1, 0.15) is 17.2 Å². The van der Waals surface area contributed by atoms with Gasteiger partial charge in [-0.2, -0.15) is 0 Å². The van der Waals surface area contributed by atoms with Crippen LogP contribution in [0.4, 0.5) is 11.4 Å². The molecule has 2 aromatic heterocycles. The van der Waals surface area contributed by atoms with Gasteiger partial charge in [-0.25, -0.2) is 0 Å². The molecule has 0 aliphatic carbocycles. The van der Waals surface area contributed by atoms with E-state index in [-0.39, 0.29) is 11.3 Å². The number of carbonyl (C=O) groups excluding carboxylic acids is 2. The first-order valence-electron chi connectivity index (χ1n) is 9.37. The zero-order valence-corrected chi connectivity index (χ0v) is 16.6. The third-order valence-corrected chi connectivity index (χ3v) is 5.04. The van der Waals surface area contributed by atoms with Crippen molar-refractivity contribution in [1.29, 1.82) is 0 Å². The van der Waals surface area contributed by atoms with Crippen molar-refractivity contribution in [2.75, 3.05) is 23.9 Å². The minimum absolute atomic E-state index is 0.0240. The molecule has 0 spiro atoms. The van der Waals surface area contributed by atoms with Crippen LogP contribution in [-0.4, -0.2) is 40.9 Å². The number of nitrogens with zero attached hydrogens (tertiary/aromatic N) is 4. The van der Waals surface area contributed by atoms with Gasteiger partial charge in [-0.1, -0.05) is 6.07 Å². The second kappa shape index (κ2) is 7.79. The monoisotopic (exact) mass is 400 g/mol. The molecular weight excluding hydrogens is 380 g/mol. The number of anilines is 2. The maximum absolute atomic E-state index is 13.0. The van der Waals surface area contributed by atoms with Crippen molar-refractivity contribution in [3.63, 3.8) is 0 Å². The molecule has 1 amide bonds. The third-order valence-electron chi connectivity index (χ3n) is 5.04. The van der Waals surface area contributed by atoms with Crippen LogP contribution in [0.3, 0.4) is 0 Å². The molecule has 3 aromatic rings. The molecule has 1 unspecified atom stereocenters. The molecule has 30 heavy (non-hydrogen) atoms. The number of amides is 1. The van der Waals surface area contributed by atoms with Crippen molar-refractivity contribution in [2.24, 2.45) is 0 Å². The fourth-order valence-electron chi connectivity index (χ4n) is 3.53. The smallest absolute Gasteiger partial charge is 0.300 e. The molecule has 1 saturated heterocycles. The Kier molecular flexibility index (Phi) is 5.02. The Hall–Kier alpha value is -4.00. The van der Waals surface area contributed by atoms with E-state index >= 15 is 0 Å². The number of aliphatic hydroxyl groups is 1. The van der Waals surface area contributed by atoms with Crippen molar-refractivity contribution < 1.29 is 14.7 Å². The molecule has 1 aliphatic rings. The van der Waals surface area contributed by atoms with E-state index in [2.05, 4.69) is 9.97 Å². The third kappa shape index (κ3) is 3.30. The van der Waals surface area contributed by atoms with Crippen LogP contribution in [0.2, 0.25) is 0 Å².